The Kier molecular flexibility index (Phi) is 9.51. The van der Waals surface area contributed by atoms with Crippen LogP contribution in [0, 0.1) is 10.1 Å². The van der Waals surface area contributed by atoms with Crippen molar-refractivity contribution < 1.29 is 24.0 Å². The second kappa shape index (κ2) is 12.9. The highest BCUT2D eigenvalue weighted by Gasteiger charge is 2.40. The number of non-ortho nitro benzene ring substituents is 1. The minimum Gasteiger partial charge on any atom is -0.466 e. The van der Waals surface area contributed by atoms with E-state index in [4.69, 9.17) is 9.47 Å². The molecule has 3 aromatic rings. The molecule has 1 aliphatic heterocycles. The monoisotopic (exact) mass is 614 g/mol. The lowest BCUT2D eigenvalue weighted by Crippen LogP contribution is -2.47. The van der Waals surface area contributed by atoms with Gasteiger partial charge in [-0.3, -0.25) is 10.1 Å². The lowest BCUT2D eigenvalue weighted by atomic mass is 9.80. The fourth-order valence-corrected chi connectivity index (χ4v) is 8.79. The van der Waals surface area contributed by atoms with E-state index in [2.05, 4.69) is 31.5 Å². The van der Waals surface area contributed by atoms with E-state index >= 15 is 0 Å². The summed E-state index contributed by atoms with van der Waals surface area (Å²) >= 11 is 0. The van der Waals surface area contributed by atoms with Crippen molar-refractivity contribution >= 4 is 44.1 Å². The van der Waals surface area contributed by atoms with Gasteiger partial charge in [0.05, 0.1) is 34.4 Å². The van der Waals surface area contributed by atoms with E-state index in [0.717, 1.165) is 10.4 Å². The molecule has 1 heterocycles. The topological polar surface area (TPSA) is 108 Å². The Bertz CT molecular complexity index is 1490. The maximum absolute atomic E-state index is 13.9. The number of carbonyl (C=O) groups excluding carboxylic acids is 2. The highest BCUT2D eigenvalue weighted by molar-refractivity contribution is 6.90. The molecule has 0 radical (unpaired) electrons. The Balaban J connectivity index is 1.68. The molecular weight excluding hydrogens is 577 g/mol. The smallest absolute Gasteiger partial charge is 0.336 e. The number of nitrogens with zero attached hydrogens (tertiary/aromatic N) is 1. The molecule has 1 aliphatic rings. The van der Waals surface area contributed by atoms with Crippen molar-refractivity contribution in [3.8, 4) is 0 Å². The van der Waals surface area contributed by atoms with Crippen LogP contribution in [0.25, 0.3) is 0 Å². The third kappa shape index (κ3) is 7.20. The van der Waals surface area contributed by atoms with E-state index in [9.17, 15) is 19.7 Å². The number of hydrogen-bond donors (Lipinski definition) is 1. The number of allylic oxidation sites excluding steroid dienone is 2. The first-order valence-corrected chi connectivity index (χ1v) is 20.6. The van der Waals surface area contributed by atoms with Crippen molar-refractivity contribution in [1.29, 1.82) is 0 Å². The summed E-state index contributed by atoms with van der Waals surface area (Å²) < 4.78 is 11.9. The van der Waals surface area contributed by atoms with Crippen LogP contribution in [0.1, 0.15) is 25.3 Å². The molecule has 224 valence electrons. The average molecular weight is 615 g/mol. The zero-order chi connectivity index (χ0) is 31.4. The lowest BCUT2D eigenvalue weighted by Gasteiger charge is -2.32. The minimum atomic E-state index is -2.15. The molecule has 1 N–H and O–H groups in total. The molecule has 0 spiro atoms. The van der Waals surface area contributed by atoms with Crippen molar-refractivity contribution in [2.75, 3.05) is 12.5 Å². The lowest BCUT2D eigenvalue weighted by molar-refractivity contribution is -0.384. The van der Waals surface area contributed by atoms with Gasteiger partial charge >= 0.3 is 11.9 Å². The molecule has 0 amide bonds. The third-order valence-electron chi connectivity index (χ3n) is 7.85. The minimum absolute atomic E-state index is 0.137. The van der Waals surface area contributed by atoms with E-state index in [1.165, 1.54) is 12.1 Å². The predicted molar refractivity (Wildman–Crippen MR) is 173 cm³/mol. The normalized spacial score (nSPS) is 14.3. The Hall–Kier alpha value is -4.29. The quantitative estimate of drug-likeness (QED) is 0.144. The largest absolute Gasteiger partial charge is 0.466 e. The van der Waals surface area contributed by atoms with Crippen molar-refractivity contribution in [2.45, 2.75) is 46.0 Å². The van der Waals surface area contributed by atoms with Gasteiger partial charge in [0.15, 0.2) is 0 Å². The summed E-state index contributed by atoms with van der Waals surface area (Å²) in [6.45, 7) is 12.0. The average Bonchev–Trinajstić information content (AvgIpc) is 2.99. The van der Waals surface area contributed by atoms with Gasteiger partial charge in [-0.25, -0.2) is 9.59 Å². The highest BCUT2D eigenvalue weighted by Crippen LogP contribution is 2.40. The number of ether oxygens (including phenoxy) is 2. The van der Waals surface area contributed by atoms with E-state index < -0.39 is 38.9 Å². The van der Waals surface area contributed by atoms with Crippen LogP contribution in [0.2, 0.25) is 26.2 Å². The number of hydrogen-bond acceptors (Lipinski definition) is 7. The van der Waals surface area contributed by atoms with Crippen molar-refractivity contribution in [2.24, 2.45) is 0 Å². The van der Waals surface area contributed by atoms with Crippen molar-refractivity contribution in [1.82, 2.24) is 5.32 Å². The molecule has 0 unspecified atom stereocenters. The van der Waals surface area contributed by atoms with Gasteiger partial charge in [0.1, 0.15) is 16.1 Å². The summed E-state index contributed by atoms with van der Waals surface area (Å²) in [7, 11) is -4.29. The van der Waals surface area contributed by atoms with Crippen LogP contribution in [0.15, 0.2) is 107 Å². The van der Waals surface area contributed by atoms with E-state index in [0.29, 0.717) is 17.0 Å². The number of nitrogens with one attached hydrogen (secondary N) is 1. The molecule has 0 fully saturated rings. The number of nitro benzene ring substituents is 1. The molecule has 0 saturated carbocycles. The SMILES string of the molecule is CC1=C(C(=O)OC[Si](C)(C)c2ccccc2)C(c2cccc([N+](=O)[O-])c2)C(C(=O)OC[Si](C)(C)c2ccccc2)=C(C)N1. The van der Waals surface area contributed by atoms with Gasteiger partial charge in [0, 0.05) is 23.5 Å². The standard InChI is InChI=1S/C33H38N2O6Si2/c1-23-29(32(36)40-21-42(3,4)27-16-9-7-10-17-27)31(25-14-13-15-26(20-25)35(38)39)30(24(2)34-23)33(37)41-22-43(5,6)28-18-11-8-12-19-28/h7-20,31,34H,21-22H2,1-6H3. The van der Waals surface area contributed by atoms with Gasteiger partial charge in [-0.1, -0.05) is 109 Å². The molecule has 0 aliphatic carbocycles. The molecule has 43 heavy (non-hydrogen) atoms. The van der Waals surface area contributed by atoms with Crippen LogP contribution >= 0.6 is 0 Å². The van der Waals surface area contributed by atoms with E-state index in [1.807, 2.05) is 60.7 Å². The van der Waals surface area contributed by atoms with Crippen LogP contribution in [0.4, 0.5) is 5.69 Å². The van der Waals surface area contributed by atoms with Crippen molar-refractivity contribution in [3.05, 3.63) is 123 Å². The molecule has 3 aromatic carbocycles. The first-order valence-electron chi connectivity index (χ1n) is 14.2. The predicted octanol–water partition coefficient (Wildman–Crippen LogP) is 5.23. The van der Waals surface area contributed by atoms with Gasteiger partial charge in [-0.05, 0) is 19.4 Å². The Morgan fingerprint density at radius 2 is 1.19 bits per heavy atom. The Morgan fingerprint density at radius 3 is 1.60 bits per heavy atom. The number of benzene rings is 3. The zero-order valence-corrected chi connectivity index (χ0v) is 27.5. The number of esters is 2. The van der Waals surface area contributed by atoms with E-state index in [-0.39, 0.29) is 29.3 Å². The summed E-state index contributed by atoms with van der Waals surface area (Å²) in [5, 5.41) is 17.2. The Labute approximate surface area is 254 Å². The summed E-state index contributed by atoms with van der Waals surface area (Å²) in [6.07, 6.45) is 0.460. The molecular formula is C33H38N2O6Si2. The fraction of sp³-hybridized carbons (Fsp3) is 0.273. The van der Waals surface area contributed by atoms with Gasteiger partial charge in [-0.2, -0.15) is 0 Å². The zero-order valence-electron chi connectivity index (χ0n) is 25.5. The van der Waals surface area contributed by atoms with Gasteiger partial charge < -0.3 is 14.8 Å². The van der Waals surface area contributed by atoms with Crippen LogP contribution in [-0.4, -0.2) is 45.5 Å². The molecule has 0 saturated heterocycles. The van der Waals surface area contributed by atoms with Gasteiger partial charge in [0.2, 0.25) is 0 Å². The summed E-state index contributed by atoms with van der Waals surface area (Å²) in [5.41, 5.74) is 1.81. The first-order chi connectivity index (χ1) is 20.3. The molecule has 0 aromatic heterocycles. The van der Waals surface area contributed by atoms with Gasteiger partial charge in [0.25, 0.3) is 5.69 Å². The van der Waals surface area contributed by atoms with Crippen LogP contribution in [-0.2, 0) is 19.1 Å². The molecule has 8 nitrogen and oxygen atoms in total. The summed E-state index contributed by atoms with van der Waals surface area (Å²) in [5.74, 6) is -2.06. The first kappa shape index (κ1) is 31.6. The maximum Gasteiger partial charge on any atom is 0.336 e. The molecule has 0 bridgehead atoms. The second-order valence-corrected chi connectivity index (χ2v) is 21.4. The number of dihydropyridines is 1. The van der Waals surface area contributed by atoms with Crippen LogP contribution in [0.3, 0.4) is 0 Å². The second-order valence-electron chi connectivity index (χ2n) is 12.1. The van der Waals surface area contributed by atoms with E-state index in [1.54, 1.807) is 26.0 Å². The number of nitro groups is 1. The number of rotatable bonds is 10. The summed E-state index contributed by atoms with van der Waals surface area (Å²) in [4.78, 5) is 38.9. The van der Waals surface area contributed by atoms with Crippen molar-refractivity contribution in [3.63, 3.8) is 0 Å². The third-order valence-corrected chi connectivity index (χ3v) is 13.4. The van der Waals surface area contributed by atoms with Crippen LogP contribution in [0.5, 0.6) is 0 Å². The molecule has 10 heteroatoms. The molecule has 0 atom stereocenters. The number of carbonyl (C=O) groups is 2. The van der Waals surface area contributed by atoms with Crippen LogP contribution < -0.4 is 15.7 Å². The Morgan fingerprint density at radius 1 is 0.744 bits per heavy atom. The van der Waals surface area contributed by atoms with Gasteiger partial charge in [-0.15, -0.1) is 0 Å². The highest BCUT2D eigenvalue weighted by atomic mass is 28.3. The molecule has 4 rings (SSSR count). The fourth-order valence-electron chi connectivity index (χ4n) is 5.28. The summed E-state index contributed by atoms with van der Waals surface area (Å²) in [6, 6.07) is 26.0. The maximum atomic E-state index is 13.9.